The molecule has 12 heteroatoms. The van der Waals surface area contributed by atoms with Crippen LogP contribution in [0.5, 0.6) is 0 Å². The highest BCUT2D eigenvalue weighted by atomic mass is 28.5. The maximum Gasteiger partial charge on any atom is 0.317 e. The van der Waals surface area contributed by atoms with Crippen molar-refractivity contribution in [3.8, 4) is 0 Å². The Balaban J connectivity index is 5.38. The Morgan fingerprint density at radius 1 is 0.758 bits per heavy atom. The van der Waals surface area contributed by atoms with Gasteiger partial charge in [0, 0.05) is 6.61 Å². The molecular weight excluding hydrogens is 505 g/mol. The van der Waals surface area contributed by atoms with Gasteiger partial charge in [0.1, 0.15) is 6.10 Å². The lowest BCUT2D eigenvalue weighted by Gasteiger charge is -2.42. The lowest BCUT2D eigenvalue weighted by molar-refractivity contribution is 0.00623. The first-order valence-electron chi connectivity index (χ1n) is 12.7. The maximum absolute atomic E-state index is 9.48. The van der Waals surface area contributed by atoms with Gasteiger partial charge in [-0.3, -0.25) is 0 Å². The van der Waals surface area contributed by atoms with Crippen molar-refractivity contribution < 1.29 is 31.4 Å². The number of aliphatic hydroxyl groups is 2. The second-order valence-corrected chi connectivity index (χ2v) is 30.0. The van der Waals surface area contributed by atoms with Crippen molar-refractivity contribution in [1.82, 2.24) is 0 Å². The van der Waals surface area contributed by atoms with Crippen LogP contribution in [0.1, 0.15) is 39.0 Å². The van der Waals surface area contributed by atoms with E-state index in [1.807, 2.05) is 0 Å². The van der Waals surface area contributed by atoms with Crippen molar-refractivity contribution in [3.05, 3.63) is 0 Å². The minimum absolute atomic E-state index is 0.147. The molecule has 0 aromatic rings. The highest BCUT2D eigenvalue weighted by Crippen LogP contribution is 2.30. The van der Waals surface area contributed by atoms with Crippen LogP contribution in [0.3, 0.4) is 0 Å². The third kappa shape index (κ3) is 18.7. The summed E-state index contributed by atoms with van der Waals surface area (Å²) in [4.78, 5) is 0. The van der Waals surface area contributed by atoms with E-state index in [1.165, 1.54) is 19.3 Å². The van der Waals surface area contributed by atoms with E-state index in [0.29, 0.717) is 6.61 Å². The molecule has 0 aliphatic heterocycles. The Morgan fingerprint density at radius 2 is 1.36 bits per heavy atom. The fourth-order valence-corrected chi connectivity index (χ4v) is 24.7. The fraction of sp³-hybridized carbons (Fsp3) is 1.00. The summed E-state index contributed by atoms with van der Waals surface area (Å²) in [7, 11) is -10.3. The maximum atomic E-state index is 9.48. The van der Waals surface area contributed by atoms with Crippen molar-refractivity contribution in [2.24, 2.45) is 0 Å². The molecule has 0 saturated carbocycles. The Morgan fingerprint density at radius 3 is 1.88 bits per heavy atom. The van der Waals surface area contributed by atoms with E-state index in [2.05, 4.69) is 65.8 Å². The first kappa shape index (κ1) is 33.8. The third-order valence-corrected chi connectivity index (χ3v) is 22.4. The Hall–Kier alpha value is 0.804. The monoisotopic (exact) mass is 558 g/mol. The second-order valence-electron chi connectivity index (χ2n) is 11.3. The number of hydrogen-bond acceptors (Lipinski definition) is 7. The van der Waals surface area contributed by atoms with Gasteiger partial charge >= 0.3 is 17.1 Å². The molecule has 0 heterocycles. The zero-order chi connectivity index (χ0) is 25.8. The van der Waals surface area contributed by atoms with Crippen LogP contribution in [0.15, 0.2) is 0 Å². The molecular formula is C21H54O7Si5. The van der Waals surface area contributed by atoms with E-state index in [1.54, 1.807) is 0 Å². The van der Waals surface area contributed by atoms with Crippen molar-refractivity contribution in [2.45, 2.75) is 116 Å². The van der Waals surface area contributed by atoms with Gasteiger partial charge in [-0.15, -0.1) is 0 Å². The first-order valence-corrected chi connectivity index (χ1v) is 26.6. The van der Waals surface area contributed by atoms with E-state index in [4.69, 9.17) is 26.3 Å². The van der Waals surface area contributed by atoms with Gasteiger partial charge in [-0.25, -0.2) is 0 Å². The average molecular weight is 559 g/mol. The van der Waals surface area contributed by atoms with Crippen LogP contribution in [-0.4, -0.2) is 79.2 Å². The molecule has 0 fully saturated rings. The van der Waals surface area contributed by atoms with Crippen LogP contribution in [0.2, 0.25) is 71.0 Å². The summed E-state index contributed by atoms with van der Waals surface area (Å²) in [6.45, 7) is 22.4. The summed E-state index contributed by atoms with van der Waals surface area (Å²) in [6.07, 6.45) is 4.73. The number of hydrogen-bond donors (Lipinski definition) is 2. The van der Waals surface area contributed by atoms with Crippen LogP contribution in [0, 0.1) is 0 Å². The predicted molar refractivity (Wildman–Crippen MR) is 150 cm³/mol. The largest absolute Gasteiger partial charge is 0.439 e. The molecule has 2 N–H and O–H groups in total. The lowest BCUT2D eigenvalue weighted by Crippen LogP contribution is -2.57. The molecule has 0 bridgehead atoms. The summed E-state index contributed by atoms with van der Waals surface area (Å²) in [5.74, 6) is 0. The number of rotatable bonds is 20. The van der Waals surface area contributed by atoms with Crippen LogP contribution < -0.4 is 0 Å². The van der Waals surface area contributed by atoms with Gasteiger partial charge in [-0.1, -0.05) is 32.6 Å². The lowest BCUT2D eigenvalue weighted by atomic mass is 10.2. The zero-order valence-electron chi connectivity index (χ0n) is 23.2. The number of ether oxygens (including phenoxy) is 1. The highest BCUT2D eigenvalue weighted by molar-refractivity contribution is 6.88. The summed E-state index contributed by atoms with van der Waals surface area (Å²) < 4.78 is 32.4. The summed E-state index contributed by atoms with van der Waals surface area (Å²) in [5, 5.41) is 18.4. The first-order chi connectivity index (χ1) is 15.0. The van der Waals surface area contributed by atoms with Crippen molar-refractivity contribution in [2.75, 3.05) is 19.8 Å². The van der Waals surface area contributed by atoms with Gasteiger partial charge in [0.25, 0.3) is 9.28 Å². The molecule has 200 valence electrons. The van der Waals surface area contributed by atoms with Crippen molar-refractivity contribution in [1.29, 1.82) is 0 Å². The number of unbranched alkanes of at least 4 members (excludes halogenated alkanes) is 3. The van der Waals surface area contributed by atoms with Crippen LogP contribution in [-0.2, 0) is 21.2 Å². The summed E-state index contributed by atoms with van der Waals surface area (Å²) in [5.41, 5.74) is 0. The van der Waals surface area contributed by atoms with Gasteiger partial charge < -0.3 is 31.4 Å². The molecule has 4 atom stereocenters. The van der Waals surface area contributed by atoms with Crippen molar-refractivity contribution >= 4 is 43.0 Å². The molecule has 0 amide bonds. The van der Waals surface area contributed by atoms with Crippen LogP contribution in [0.4, 0.5) is 0 Å². The van der Waals surface area contributed by atoms with Gasteiger partial charge in [0.15, 0.2) is 16.6 Å². The molecule has 0 rings (SSSR count). The molecule has 33 heavy (non-hydrogen) atoms. The third-order valence-electron chi connectivity index (χ3n) is 4.81. The van der Waals surface area contributed by atoms with E-state index < -0.39 is 49.1 Å². The van der Waals surface area contributed by atoms with Gasteiger partial charge in [-0.05, 0) is 77.4 Å². The molecule has 0 aliphatic rings. The second kappa shape index (κ2) is 15.8. The Labute approximate surface area is 210 Å². The smallest absolute Gasteiger partial charge is 0.317 e. The summed E-state index contributed by atoms with van der Waals surface area (Å²) >= 11 is 0. The normalized spacial score (nSPS) is 18.5. The van der Waals surface area contributed by atoms with E-state index in [-0.39, 0.29) is 13.2 Å². The average Bonchev–Trinajstić information content (AvgIpc) is 2.61. The molecule has 0 radical (unpaired) electrons. The van der Waals surface area contributed by atoms with Crippen LogP contribution >= 0.6 is 0 Å². The quantitative estimate of drug-likeness (QED) is 0.160. The highest BCUT2D eigenvalue weighted by Gasteiger charge is 2.45. The minimum Gasteiger partial charge on any atom is -0.439 e. The van der Waals surface area contributed by atoms with Crippen LogP contribution in [0.25, 0.3) is 0 Å². The van der Waals surface area contributed by atoms with E-state index >= 15 is 0 Å². The van der Waals surface area contributed by atoms with Gasteiger partial charge in [0.2, 0.25) is 0 Å². The predicted octanol–water partition coefficient (Wildman–Crippen LogP) is 5.06. The topological polar surface area (TPSA) is 86.6 Å². The Kier molecular flexibility index (Phi) is 16.2. The fourth-order valence-electron chi connectivity index (χ4n) is 3.87. The minimum atomic E-state index is -2.52. The SMILES string of the molecule is CCCCCC[Si](C)(O[SiH](C)O[Si](C)(C)C)O[Si](C)(CCCOCC(O)CO)O[Si](C)(C)C. The molecule has 0 spiro atoms. The van der Waals surface area contributed by atoms with Gasteiger partial charge in [0.05, 0.1) is 13.2 Å². The molecule has 0 aromatic heterocycles. The molecule has 0 aliphatic carbocycles. The standard InChI is InChI=1S/C21H54O7Si5/c1-11-12-13-14-17-32(9,26-29(2)25-30(3,4)5)28-33(10,27-31(6,7)8)18-15-16-24-20-21(23)19-22/h21-23,29H,11-20H2,1-10H3. The molecule has 4 unspecified atom stereocenters. The van der Waals surface area contributed by atoms with E-state index in [9.17, 15) is 5.11 Å². The number of aliphatic hydroxyl groups excluding tert-OH is 2. The zero-order valence-corrected chi connectivity index (χ0v) is 28.3. The van der Waals surface area contributed by atoms with Gasteiger partial charge in [-0.2, -0.15) is 0 Å². The molecule has 0 saturated heterocycles. The summed E-state index contributed by atoms with van der Waals surface area (Å²) in [6, 6.07) is 1.79. The Bertz CT molecular complexity index is 518. The van der Waals surface area contributed by atoms with E-state index in [0.717, 1.165) is 24.9 Å². The molecule has 0 aromatic carbocycles. The van der Waals surface area contributed by atoms with Crippen molar-refractivity contribution in [3.63, 3.8) is 0 Å². The molecule has 7 nitrogen and oxygen atoms in total.